The van der Waals surface area contributed by atoms with Crippen molar-refractivity contribution >= 4 is 44.0 Å². The van der Waals surface area contributed by atoms with Crippen LogP contribution in [-0.4, -0.2) is 153 Å². The van der Waals surface area contributed by atoms with Crippen LogP contribution in [0.2, 0.25) is 0 Å². The summed E-state index contributed by atoms with van der Waals surface area (Å²) in [6.45, 7) is 6.15. The summed E-state index contributed by atoms with van der Waals surface area (Å²) in [6, 6.07) is 0. The van der Waals surface area contributed by atoms with Crippen molar-refractivity contribution in [3.8, 4) is 0 Å². The first kappa shape index (κ1) is 58.7. The fourth-order valence-corrected chi connectivity index (χ4v) is 7.83. The molecule has 0 aliphatic rings. The number of hydrogen-bond donors (Lipinski definition) is 6. The normalized spacial score (nSPS) is 14.0. The van der Waals surface area contributed by atoms with Gasteiger partial charge in [-0.2, -0.15) is 16.8 Å². The van der Waals surface area contributed by atoms with E-state index in [1.165, 1.54) is 9.80 Å². The molecular weight excluding hydrogens is 810 g/mol. The van der Waals surface area contributed by atoms with E-state index in [0.717, 1.165) is 96.3 Å². The first-order valence-electron chi connectivity index (χ1n) is 20.8. The van der Waals surface area contributed by atoms with Gasteiger partial charge in [0.25, 0.3) is 20.2 Å². The van der Waals surface area contributed by atoms with Crippen LogP contribution in [0.3, 0.4) is 0 Å². The van der Waals surface area contributed by atoms with Crippen molar-refractivity contribution in [2.45, 2.75) is 172 Å². The number of carboxylic acid groups (broad SMARTS) is 2. The van der Waals surface area contributed by atoms with Gasteiger partial charge < -0.3 is 31.7 Å². The predicted octanol–water partition coefficient (Wildman–Crippen LogP) is 1.33. The Morgan fingerprint density at radius 1 is 0.483 bits per heavy atom. The van der Waals surface area contributed by atoms with Crippen LogP contribution in [0.1, 0.15) is 151 Å². The van der Waals surface area contributed by atoms with Gasteiger partial charge in [-0.05, 0) is 25.8 Å². The molecule has 0 fully saturated rings. The number of carboxylic acids is 2. The van der Waals surface area contributed by atoms with E-state index >= 15 is 0 Å². The number of hydrogen-bond acceptors (Lipinski definition) is 11. The Balaban J connectivity index is -0.0000157. The first-order chi connectivity index (χ1) is 26.8. The predicted molar refractivity (Wildman–Crippen MR) is 218 cm³/mol. The molecule has 0 bridgehead atoms. The van der Waals surface area contributed by atoms with E-state index in [4.69, 9.17) is 0 Å². The Hall–Kier alpha value is -1.42. The molecule has 0 saturated carbocycles. The fraction of sp³-hybridized carbons (Fsp3) is 0.895. The van der Waals surface area contributed by atoms with Gasteiger partial charge in [0.2, 0.25) is 11.8 Å². The number of aliphatic carboxylic acids is 2. The zero-order chi connectivity index (χ0) is 43.4. The molecule has 0 heterocycles. The van der Waals surface area contributed by atoms with Crippen LogP contribution in [0.25, 0.3) is 0 Å². The molecule has 4 atom stereocenters. The minimum absolute atomic E-state index is 0. The van der Waals surface area contributed by atoms with Crippen molar-refractivity contribution in [3.05, 3.63) is 0 Å². The maximum Gasteiger partial charge on any atom is 1.00 e. The third kappa shape index (κ3) is 28.2. The summed E-state index contributed by atoms with van der Waals surface area (Å²) in [4.78, 5) is 53.9. The molecule has 338 valence electrons. The van der Waals surface area contributed by atoms with Crippen LogP contribution < -0.4 is 29.6 Å². The van der Waals surface area contributed by atoms with Gasteiger partial charge in [-0.25, -0.2) is 0 Å². The van der Waals surface area contributed by atoms with Crippen LogP contribution in [0.5, 0.6) is 0 Å². The molecule has 0 aliphatic carbocycles. The van der Waals surface area contributed by atoms with E-state index < -0.39 is 79.5 Å². The van der Waals surface area contributed by atoms with Crippen molar-refractivity contribution in [2.75, 3.05) is 45.8 Å². The van der Waals surface area contributed by atoms with Gasteiger partial charge in [0, 0.05) is 39.3 Å². The number of aliphatic hydroxyl groups is 2. The molecule has 6 N–H and O–H groups in total. The van der Waals surface area contributed by atoms with Crippen molar-refractivity contribution in [3.63, 3.8) is 0 Å². The number of carbonyl (C=O) groups is 4. The zero-order valence-corrected chi connectivity index (χ0v) is 39.1. The monoisotopic (exact) mass is 883 g/mol. The van der Waals surface area contributed by atoms with Crippen LogP contribution in [0.4, 0.5) is 0 Å². The number of nitrogens with zero attached hydrogens (tertiary/aromatic N) is 3. The van der Waals surface area contributed by atoms with E-state index in [2.05, 4.69) is 20.8 Å². The number of carbonyl (C=O) groups excluding carboxylic acids is 2. The maximum absolute atomic E-state index is 13.3. The van der Waals surface area contributed by atoms with E-state index in [9.17, 15) is 65.5 Å². The van der Waals surface area contributed by atoms with Crippen molar-refractivity contribution in [2.24, 2.45) is 0 Å². The molecule has 58 heavy (non-hydrogen) atoms. The largest absolute Gasteiger partial charge is 1.00 e. The summed E-state index contributed by atoms with van der Waals surface area (Å²) < 4.78 is 65.9. The molecule has 0 aromatic heterocycles. The van der Waals surface area contributed by atoms with Crippen LogP contribution >= 0.6 is 0 Å². The Morgan fingerprint density at radius 3 is 1.03 bits per heavy atom. The second kappa shape index (κ2) is 33.2. The number of unbranched alkanes of at least 4 members (excludes halogenated alkanes) is 15. The Bertz CT molecular complexity index is 1290. The third-order valence-electron chi connectivity index (χ3n) is 9.89. The van der Waals surface area contributed by atoms with Gasteiger partial charge in [-0.15, -0.1) is 0 Å². The maximum atomic E-state index is 13.3. The third-order valence-corrected chi connectivity index (χ3v) is 12.1. The molecule has 2 amide bonds. The summed E-state index contributed by atoms with van der Waals surface area (Å²) in [6.07, 6.45) is 11.5. The van der Waals surface area contributed by atoms with Crippen molar-refractivity contribution < 1.29 is 96.5 Å². The molecule has 0 aromatic carbocycles. The van der Waals surface area contributed by atoms with Crippen LogP contribution in [-0.2, 0) is 39.4 Å². The summed E-state index contributed by atoms with van der Waals surface area (Å²) in [7, 11) is -10.2. The van der Waals surface area contributed by atoms with Gasteiger partial charge in [0.1, 0.15) is 0 Å². The zero-order valence-electron chi connectivity index (χ0n) is 36.5. The van der Waals surface area contributed by atoms with Crippen LogP contribution in [0, 0.1) is 0 Å². The second-order valence-electron chi connectivity index (χ2n) is 15.1. The van der Waals surface area contributed by atoms with Gasteiger partial charge in [0.05, 0.1) is 25.0 Å². The molecule has 0 aliphatic heterocycles. The van der Waals surface area contributed by atoms with Gasteiger partial charge in [0.15, 0.2) is 10.5 Å². The second-order valence-corrected chi connectivity index (χ2v) is 18.3. The Labute approximate surface area is 371 Å². The number of amides is 2. The Morgan fingerprint density at radius 2 is 0.759 bits per heavy atom. The number of rotatable bonds is 37. The number of aliphatic hydroxyl groups excluding tert-OH is 2. The smallest absolute Gasteiger partial charge is 1.00 e. The summed E-state index contributed by atoms with van der Waals surface area (Å²) in [5.41, 5.74) is 0. The minimum Gasteiger partial charge on any atom is -1.00 e. The van der Waals surface area contributed by atoms with E-state index in [1.807, 2.05) is 0 Å². The Kier molecular flexibility index (Phi) is 33.6. The summed E-state index contributed by atoms with van der Waals surface area (Å²) in [5, 5.41) is 36.6. The first-order valence-corrected chi connectivity index (χ1v) is 23.8. The summed E-state index contributed by atoms with van der Waals surface area (Å²) in [5.74, 6) is -5.51. The molecule has 20 heteroatoms. The van der Waals surface area contributed by atoms with Crippen molar-refractivity contribution in [1.82, 2.24) is 14.7 Å². The molecule has 0 radical (unpaired) electrons. The average molecular weight is 884 g/mol. The fourth-order valence-electron chi connectivity index (χ4n) is 6.61. The molecule has 0 saturated heterocycles. The van der Waals surface area contributed by atoms with E-state index in [-0.39, 0.29) is 70.3 Å². The average Bonchev–Trinajstić information content (AvgIpc) is 3.11. The minimum atomic E-state index is -5.10. The quantitative estimate of drug-likeness (QED) is 0.0292. The molecule has 0 spiro atoms. The molecule has 4 unspecified atom stereocenters. The SMILES string of the molecule is CCCCCCCCN(CC(O)CN(CCCCCCCC)C(=O)CC(C(=O)O)S(=O)(=O)O)CC(O)CN(CCCCCCCC)C(=O)CC(C(=O)O)S(=O)(=O)O.[H-].[Na+]. The van der Waals surface area contributed by atoms with Crippen molar-refractivity contribution in [1.29, 1.82) is 0 Å². The molecule has 0 rings (SSSR count). The van der Waals surface area contributed by atoms with Gasteiger partial charge in [-0.3, -0.25) is 33.2 Å². The molecule has 0 aromatic rings. The van der Waals surface area contributed by atoms with Crippen LogP contribution in [0.15, 0.2) is 0 Å². The van der Waals surface area contributed by atoms with Gasteiger partial charge >= 0.3 is 41.5 Å². The molecule has 17 nitrogen and oxygen atoms in total. The standard InChI is InChI=1S/C38H73N3O14S2.Na.H/c1-4-7-10-13-16-19-22-39(27-31(42)29-40(23-20-17-14-11-8-5-2)35(44)25-33(37(46)47)56(50,51)52)28-32(43)30-41(24-21-18-15-12-9-6-3)36(45)26-34(38(48)49)57(53,54)55;;/h31-34,42-43H,4-30H2,1-3H3,(H,46,47)(H,48,49)(H,50,51,52)(H,53,54,55);;/q;+1;-1. The molecular formula is C38H74N3NaO14S2. The van der Waals surface area contributed by atoms with E-state index in [1.54, 1.807) is 4.90 Å². The summed E-state index contributed by atoms with van der Waals surface area (Å²) >= 11 is 0. The van der Waals surface area contributed by atoms with E-state index in [0.29, 0.717) is 25.8 Å². The topological polar surface area (TPSA) is 268 Å². The van der Waals surface area contributed by atoms with Gasteiger partial charge in [-0.1, -0.05) is 117 Å².